The molecule has 1 heterocycles. The van der Waals surface area contributed by atoms with Gasteiger partial charge in [0.1, 0.15) is 17.2 Å². The SMILES string of the molecule is CCCC(CCC)NC(=O)c1cccc(-c2ccc3oc(-c4ccc(F)cc4)c(C(=O)CC)c3c2)c1. The van der Waals surface area contributed by atoms with Gasteiger partial charge in [-0.1, -0.05) is 51.8 Å². The second kappa shape index (κ2) is 11.3. The quantitative estimate of drug-likeness (QED) is 0.230. The molecule has 0 saturated carbocycles. The van der Waals surface area contributed by atoms with Crippen LogP contribution in [0.1, 0.15) is 73.6 Å². The Labute approximate surface area is 211 Å². The van der Waals surface area contributed by atoms with Crippen LogP contribution in [-0.4, -0.2) is 17.7 Å². The van der Waals surface area contributed by atoms with Crippen LogP contribution >= 0.6 is 0 Å². The van der Waals surface area contributed by atoms with Crippen LogP contribution in [0.4, 0.5) is 4.39 Å². The van der Waals surface area contributed by atoms with Gasteiger partial charge in [-0.2, -0.15) is 0 Å². The fourth-order valence-electron chi connectivity index (χ4n) is 4.63. The van der Waals surface area contributed by atoms with Crippen molar-refractivity contribution in [2.75, 3.05) is 0 Å². The van der Waals surface area contributed by atoms with Crippen molar-refractivity contribution in [1.82, 2.24) is 5.32 Å². The maximum absolute atomic E-state index is 13.5. The molecule has 36 heavy (non-hydrogen) atoms. The monoisotopic (exact) mass is 485 g/mol. The largest absolute Gasteiger partial charge is 0.455 e. The lowest BCUT2D eigenvalue weighted by molar-refractivity contribution is 0.0931. The summed E-state index contributed by atoms with van der Waals surface area (Å²) in [7, 11) is 0. The average molecular weight is 486 g/mol. The standard InChI is InChI=1S/C31H32FNO3/c1-4-8-25(9-5-2)33-31(35)23-11-7-10-21(18-23)22-14-17-28-26(19-22)29(27(34)6-3)30(36-28)20-12-15-24(32)16-13-20/h7,10-19,25H,4-6,8-9H2,1-3H3,(H,33,35). The highest BCUT2D eigenvalue weighted by atomic mass is 19.1. The molecule has 0 aliphatic carbocycles. The van der Waals surface area contributed by atoms with Gasteiger partial charge in [-0.3, -0.25) is 9.59 Å². The minimum atomic E-state index is -0.347. The van der Waals surface area contributed by atoms with Crippen LogP contribution in [0.15, 0.2) is 71.1 Å². The molecule has 1 amide bonds. The molecule has 1 aromatic heterocycles. The highest BCUT2D eigenvalue weighted by Gasteiger charge is 2.22. The first-order valence-electron chi connectivity index (χ1n) is 12.7. The number of hydrogen-bond donors (Lipinski definition) is 1. The van der Waals surface area contributed by atoms with Gasteiger partial charge < -0.3 is 9.73 Å². The molecule has 186 valence electrons. The lowest BCUT2D eigenvalue weighted by atomic mass is 9.97. The van der Waals surface area contributed by atoms with Gasteiger partial charge in [-0.15, -0.1) is 0 Å². The zero-order chi connectivity index (χ0) is 25.7. The molecule has 4 rings (SSSR count). The van der Waals surface area contributed by atoms with Gasteiger partial charge >= 0.3 is 0 Å². The van der Waals surface area contributed by atoms with E-state index in [4.69, 9.17) is 4.42 Å². The average Bonchev–Trinajstić information content (AvgIpc) is 3.28. The summed E-state index contributed by atoms with van der Waals surface area (Å²) in [5.41, 5.74) is 4.11. The fraction of sp³-hybridized carbons (Fsp3) is 0.290. The molecular formula is C31H32FNO3. The van der Waals surface area contributed by atoms with Crippen molar-refractivity contribution in [3.05, 3.63) is 83.7 Å². The van der Waals surface area contributed by atoms with E-state index >= 15 is 0 Å². The van der Waals surface area contributed by atoms with Crippen LogP contribution < -0.4 is 5.32 Å². The zero-order valence-electron chi connectivity index (χ0n) is 21.1. The number of carbonyl (C=O) groups excluding carboxylic acids is 2. The Bertz CT molecular complexity index is 1360. The lowest BCUT2D eigenvalue weighted by Crippen LogP contribution is -2.34. The molecule has 4 aromatic rings. The molecule has 0 saturated heterocycles. The van der Waals surface area contributed by atoms with Gasteiger partial charge in [-0.05, 0) is 72.5 Å². The summed E-state index contributed by atoms with van der Waals surface area (Å²) in [6, 6.07) is 19.4. The summed E-state index contributed by atoms with van der Waals surface area (Å²) >= 11 is 0. The molecule has 0 spiro atoms. The Balaban J connectivity index is 1.72. The van der Waals surface area contributed by atoms with Crippen LogP contribution in [0.5, 0.6) is 0 Å². The van der Waals surface area contributed by atoms with Crippen LogP contribution in [-0.2, 0) is 0 Å². The smallest absolute Gasteiger partial charge is 0.251 e. The Morgan fingerprint density at radius 2 is 1.53 bits per heavy atom. The highest BCUT2D eigenvalue weighted by Crippen LogP contribution is 2.37. The molecule has 4 nitrogen and oxygen atoms in total. The molecule has 3 aromatic carbocycles. The third-order valence-corrected chi connectivity index (χ3v) is 6.46. The number of hydrogen-bond acceptors (Lipinski definition) is 3. The second-order valence-electron chi connectivity index (χ2n) is 9.13. The van der Waals surface area contributed by atoms with E-state index < -0.39 is 0 Å². The van der Waals surface area contributed by atoms with Crippen LogP contribution in [0.3, 0.4) is 0 Å². The van der Waals surface area contributed by atoms with Gasteiger partial charge in [-0.25, -0.2) is 4.39 Å². The highest BCUT2D eigenvalue weighted by molar-refractivity contribution is 6.12. The Hall–Kier alpha value is -3.73. The van der Waals surface area contributed by atoms with Crippen LogP contribution in [0.25, 0.3) is 33.4 Å². The predicted molar refractivity (Wildman–Crippen MR) is 143 cm³/mol. The lowest BCUT2D eigenvalue weighted by Gasteiger charge is -2.17. The van der Waals surface area contributed by atoms with Crippen molar-refractivity contribution in [1.29, 1.82) is 0 Å². The van der Waals surface area contributed by atoms with Crippen molar-refractivity contribution in [2.24, 2.45) is 0 Å². The number of amides is 1. The first-order valence-corrected chi connectivity index (χ1v) is 12.7. The molecule has 0 aliphatic rings. The van der Waals surface area contributed by atoms with Gasteiger partial charge in [0, 0.05) is 29.0 Å². The van der Waals surface area contributed by atoms with Crippen LogP contribution in [0, 0.1) is 5.82 Å². The van der Waals surface area contributed by atoms with E-state index in [0.717, 1.165) is 36.8 Å². The van der Waals surface area contributed by atoms with Crippen molar-refractivity contribution in [3.8, 4) is 22.5 Å². The number of nitrogens with one attached hydrogen (secondary N) is 1. The van der Waals surface area contributed by atoms with E-state index in [1.165, 1.54) is 12.1 Å². The first-order chi connectivity index (χ1) is 17.4. The number of carbonyl (C=O) groups is 2. The minimum absolute atomic E-state index is 0.0451. The molecule has 1 N–H and O–H groups in total. The van der Waals surface area contributed by atoms with E-state index in [0.29, 0.717) is 39.8 Å². The molecule has 0 radical (unpaired) electrons. The number of benzene rings is 3. The number of ketones is 1. The summed E-state index contributed by atoms with van der Waals surface area (Å²) < 4.78 is 19.6. The summed E-state index contributed by atoms with van der Waals surface area (Å²) in [4.78, 5) is 25.9. The van der Waals surface area contributed by atoms with Gasteiger partial charge in [0.05, 0.1) is 5.56 Å². The number of Topliss-reactive ketones (excluding diaryl/α,β-unsaturated/α-hetero) is 1. The summed E-state index contributed by atoms with van der Waals surface area (Å²) in [6.45, 7) is 6.06. The summed E-state index contributed by atoms with van der Waals surface area (Å²) in [6.07, 6.45) is 4.28. The molecule has 0 unspecified atom stereocenters. The molecular weight excluding hydrogens is 453 g/mol. The predicted octanol–water partition coefficient (Wildman–Crippen LogP) is 8.20. The van der Waals surface area contributed by atoms with Gasteiger partial charge in [0.25, 0.3) is 5.91 Å². The third-order valence-electron chi connectivity index (χ3n) is 6.46. The Kier molecular flexibility index (Phi) is 7.99. The number of furan rings is 1. The molecule has 0 bridgehead atoms. The Morgan fingerprint density at radius 1 is 0.861 bits per heavy atom. The molecule has 0 atom stereocenters. The van der Waals surface area contributed by atoms with Crippen molar-refractivity contribution in [2.45, 2.75) is 58.9 Å². The maximum Gasteiger partial charge on any atom is 0.251 e. The van der Waals surface area contributed by atoms with E-state index in [9.17, 15) is 14.0 Å². The van der Waals surface area contributed by atoms with E-state index in [-0.39, 0.29) is 23.5 Å². The normalized spacial score (nSPS) is 11.2. The second-order valence-corrected chi connectivity index (χ2v) is 9.13. The first kappa shape index (κ1) is 25.4. The van der Waals surface area contributed by atoms with Gasteiger partial charge in [0.2, 0.25) is 0 Å². The minimum Gasteiger partial charge on any atom is -0.455 e. The van der Waals surface area contributed by atoms with Crippen molar-refractivity contribution in [3.63, 3.8) is 0 Å². The summed E-state index contributed by atoms with van der Waals surface area (Å²) in [5.74, 6) is -0.0232. The number of halogens is 1. The summed E-state index contributed by atoms with van der Waals surface area (Å²) in [5, 5.41) is 3.88. The zero-order valence-corrected chi connectivity index (χ0v) is 21.1. The van der Waals surface area contributed by atoms with Crippen LogP contribution in [0.2, 0.25) is 0 Å². The van der Waals surface area contributed by atoms with E-state index in [1.54, 1.807) is 12.1 Å². The van der Waals surface area contributed by atoms with E-state index in [2.05, 4.69) is 19.2 Å². The number of fused-ring (bicyclic) bond motifs is 1. The topological polar surface area (TPSA) is 59.3 Å². The molecule has 0 fully saturated rings. The molecule has 0 aliphatic heterocycles. The van der Waals surface area contributed by atoms with Crippen molar-refractivity contribution < 1.29 is 18.4 Å². The van der Waals surface area contributed by atoms with Gasteiger partial charge in [0.15, 0.2) is 5.78 Å². The third kappa shape index (κ3) is 5.40. The maximum atomic E-state index is 13.5. The van der Waals surface area contributed by atoms with E-state index in [1.807, 2.05) is 49.4 Å². The molecule has 5 heteroatoms. The Morgan fingerprint density at radius 3 is 2.19 bits per heavy atom. The fourth-order valence-corrected chi connectivity index (χ4v) is 4.63. The van der Waals surface area contributed by atoms with Crippen molar-refractivity contribution >= 4 is 22.7 Å². The number of rotatable bonds is 10.